The Morgan fingerprint density at radius 2 is 2.10 bits per heavy atom. The monoisotopic (exact) mass is 311 g/mol. The molecule has 2 N–H and O–H groups in total. The van der Waals surface area contributed by atoms with Crippen LogP contribution in [0.25, 0.3) is 0 Å². The summed E-state index contributed by atoms with van der Waals surface area (Å²) in [6.07, 6.45) is 1.89. The zero-order chi connectivity index (χ0) is 15.3. The standard InChI is InChI=1S/C15H21NO4S/c1-2-12-3-5-15(6-4-12)20-10-14(17)9-16-13-7-8-21(18,19)11-13/h3-8,13-14,16-17H,2,9-11H2,1H3. The average Bonchev–Trinajstić information content (AvgIpc) is 2.83. The maximum absolute atomic E-state index is 11.2. The van der Waals surface area contributed by atoms with Crippen LogP contribution >= 0.6 is 0 Å². The molecule has 1 aromatic rings. The van der Waals surface area contributed by atoms with Crippen molar-refractivity contribution in [3.63, 3.8) is 0 Å². The molecule has 0 bridgehead atoms. The van der Waals surface area contributed by atoms with Gasteiger partial charge in [0.05, 0.1) is 5.75 Å². The summed E-state index contributed by atoms with van der Waals surface area (Å²) < 4.78 is 28.0. The molecule has 2 unspecified atom stereocenters. The summed E-state index contributed by atoms with van der Waals surface area (Å²) in [5, 5.41) is 14.0. The van der Waals surface area contributed by atoms with Crippen molar-refractivity contribution in [1.29, 1.82) is 0 Å². The summed E-state index contributed by atoms with van der Waals surface area (Å²) in [7, 11) is -3.06. The van der Waals surface area contributed by atoms with Gasteiger partial charge in [0.15, 0.2) is 9.84 Å². The van der Waals surface area contributed by atoms with Crippen LogP contribution in [0.3, 0.4) is 0 Å². The first-order chi connectivity index (χ1) is 9.98. The lowest BCUT2D eigenvalue weighted by Crippen LogP contribution is -2.38. The van der Waals surface area contributed by atoms with Crippen LogP contribution in [-0.4, -0.2) is 44.6 Å². The molecule has 6 heteroatoms. The number of ether oxygens (including phenoxy) is 1. The van der Waals surface area contributed by atoms with Crippen molar-refractivity contribution in [3.8, 4) is 5.75 Å². The Morgan fingerprint density at radius 1 is 1.38 bits per heavy atom. The van der Waals surface area contributed by atoms with E-state index >= 15 is 0 Å². The van der Waals surface area contributed by atoms with Crippen molar-refractivity contribution < 1.29 is 18.3 Å². The molecule has 0 fully saturated rings. The highest BCUT2D eigenvalue weighted by Crippen LogP contribution is 2.13. The van der Waals surface area contributed by atoms with E-state index in [1.54, 1.807) is 6.08 Å². The molecule has 0 amide bonds. The van der Waals surface area contributed by atoms with Gasteiger partial charge < -0.3 is 15.2 Å². The number of aliphatic hydroxyl groups excluding tert-OH is 1. The highest BCUT2D eigenvalue weighted by atomic mass is 32.2. The lowest BCUT2D eigenvalue weighted by Gasteiger charge is -2.15. The van der Waals surface area contributed by atoms with Crippen LogP contribution in [-0.2, 0) is 16.3 Å². The van der Waals surface area contributed by atoms with Gasteiger partial charge in [-0.25, -0.2) is 8.42 Å². The fraction of sp³-hybridized carbons (Fsp3) is 0.467. The highest BCUT2D eigenvalue weighted by molar-refractivity contribution is 7.94. The van der Waals surface area contributed by atoms with Gasteiger partial charge in [-0.2, -0.15) is 0 Å². The minimum Gasteiger partial charge on any atom is -0.491 e. The van der Waals surface area contributed by atoms with Crippen LogP contribution in [0.2, 0.25) is 0 Å². The second-order valence-corrected chi connectivity index (χ2v) is 7.07. The second kappa shape index (κ2) is 7.06. The van der Waals surface area contributed by atoms with Crippen LogP contribution in [0.4, 0.5) is 0 Å². The predicted molar refractivity (Wildman–Crippen MR) is 82.0 cm³/mol. The summed E-state index contributed by atoms with van der Waals surface area (Å²) >= 11 is 0. The molecule has 116 valence electrons. The van der Waals surface area contributed by atoms with Gasteiger partial charge in [-0.05, 0) is 24.1 Å². The van der Waals surface area contributed by atoms with Crippen LogP contribution in [0.1, 0.15) is 12.5 Å². The van der Waals surface area contributed by atoms with E-state index in [-0.39, 0.29) is 24.9 Å². The maximum atomic E-state index is 11.2. The van der Waals surface area contributed by atoms with Crippen LogP contribution in [0.5, 0.6) is 5.75 Å². The van der Waals surface area contributed by atoms with E-state index < -0.39 is 15.9 Å². The Balaban J connectivity index is 1.70. The lowest BCUT2D eigenvalue weighted by molar-refractivity contribution is 0.105. The zero-order valence-corrected chi connectivity index (χ0v) is 12.8. The lowest BCUT2D eigenvalue weighted by atomic mass is 10.2. The highest BCUT2D eigenvalue weighted by Gasteiger charge is 2.21. The van der Waals surface area contributed by atoms with Crippen molar-refractivity contribution >= 4 is 9.84 Å². The first-order valence-electron chi connectivity index (χ1n) is 7.02. The summed E-state index contributed by atoms with van der Waals surface area (Å²) in [4.78, 5) is 0. The molecule has 0 spiro atoms. The molecule has 0 aliphatic carbocycles. The van der Waals surface area contributed by atoms with E-state index in [0.29, 0.717) is 0 Å². The molecule has 0 radical (unpaired) electrons. The Bertz CT molecular complexity index is 580. The van der Waals surface area contributed by atoms with Gasteiger partial charge in [-0.3, -0.25) is 0 Å². The van der Waals surface area contributed by atoms with Crippen LogP contribution < -0.4 is 10.1 Å². The molecular formula is C15H21NO4S. The third kappa shape index (κ3) is 5.15. The Hall–Kier alpha value is -1.37. The molecular weight excluding hydrogens is 290 g/mol. The van der Waals surface area contributed by atoms with Gasteiger partial charge in [0.1, 0.15) is 18.5 Å². The molecule has 1 aliphatic rings. The van der Waals surface area contributed by atoms with Crippen molar-refractivity contribution in [1.82, 2.24) is 5.32 Å². The molecule has 1 heterocycles. The van der Waals surface area contributed by atoms with E-state index in [4.69, 9.17) is 4.74 Å². The summed E-state index contributed by atoms with van der Waals surface area (Å²) in [6.45, 7) is 2.54. The van der Waals surface area contributed by atoms with Gasteiger partial charge in [0, 0.05) is 18.0 Å². The quantitative estimate of drug-likeness (QED) is 0.782. The van der Waals surface area contributed by atoms with Crippen LogP contribution in [0, 0.1) is 0 Å². The number of rotatable bonds is 7. The molecule has 1 aliphatic heterocycles. The molecule has 2 atom stereocenters. The van der Waals surface area contributed by atoms with Crippen LogP contribution in [0.15, 0.2) is 35.7 Å². The topological polar surface area (TPSA) is 75.6 Å². The number of sulfone groups is 1. The van der Waals surface area contributed by atoms with Gasteiger partial charge in [-0.15, -0.1) is 0 Å². The number of hydrogen-bond acceptors (Lipinski definition) is 5. The molecule has 5 nitrogen and oxygen atoms in total. The third-order valence-corrected chi connectivity index (χ3v) is 4.72. The summed E-state index contributed by atoms with van der Waals surface area (Å²) in [5.74, 6) is 0.772. The van der Waals surface area contributed by atoms with E-state index in [2.05, 4.69) is 12.2 Å². The fourth-order valence-corrected chi connectivity index (χ4v) is 3.33. The first-order valence-corrected chi connectivity index (χ1v) is 8.74. The normalized spacial score (nSPS) is 21.3. The molecule has 1 aromatic carbocycles. The van der Waals surface area contributed by atoms with Crippen molar-refractivity contribution in [2.24, 2.45) is 0 Å². The minimum absolute atomic E-state index is 0.0546. The van der Waals surface area contributed by atoms with Gasteiger partial charge in [0.2, 0.25) is 0 Å². The first kappa shape index (κ1) is 16.0. The van der Waals surface area contributed by atoms with Crippen molar-refractivity contribution in [2.45, 2.75) is 25.5 Å². The third-order valence-electron chi connectivity index (χ3n) is 3.32. The number of aliphatic hydroxyl groups is 1. The second-order valence-electron chi connectivity index (χ2n) is 5.14. The van der Waals surface area contributed by atoms with Gasteiger partial charge >= 0.3 is 0 Å². The van der Waals surface area contributed by atoms with Crippen molar-refractivity contribution in [3.05, 3.63) is 41.3 Å². The fourth-order valence-electron chi connectivity index (χ4n) is 2.06. The Kier molecular flexibility index (Phi) is 5.39. The number of nitrogens with one attached hydrogen (secondary N) is 1. The van der Waals surface area contributed by atoms with Gasteiger partial charge in [-0.1, -0.05) is 25.1 Å². The SMILES string of the molecule is CCc1ccc(OCC(O)CNC2C=CS(=O)(=O)C2)cc1. The molecule has 0 saturated heterocycles. The van der Waals surface area contributed by atoms with E-state index in [1.165, 1.54) is 11.0 Å². The maximum Gasteiger partial charge on any atom is 0.173 e. The number of aryl methyl sites for hydroxylation is 1. The molecule has 0 aromatic heterocycles. The largest absolute Gasteiger partial charge is 0.491 e. The molecule has 0 saturated carbocycles. The van der Waals surface area contributed by atoms with E-state index in [1.807, 2.05) is 24.3 Å². The molecule has 21 heavy (non-hydrogen) atoms. The predicted octanol–water partition coefficient (Wildman–Crippen LogP) is 0.889. The average molecular weight is 311 g/mol. The smallest absolute Gasteiger partial charge is 0.173 e. The number of benzene rings is 1. The number of hydrogen-bond donors (Lipinski definition) is 2. The Morgan fingerprint density at radius 3 is 2.67 bits per heavy atom. The minimum atomic E-state index is -3.06. The van der Waals surface area contributed by atoms with E-state index in [9.17, 15) is 13.5 Å². The van der Waals surface area contributed by atoms with Crippen molar-refractivity contribution in [2.75, 3.05) is 18.9 Å². The van der Waals surface area contributed by atoms with Gasteiger partial charge in [0.25, 0.3) is 0 Å². The summed E-state index contributed by atoms with van der Waals surface area (Å²) in [5.41, 5.74) is 1.23. The summed E-state index contributed by atoms with van der Waals surface area (Å²) in [6, 6.07) is 7.52. The zero-order valence-electron chi connectivity index (χ0n) is 12.0. The molecule has 2 rings (SSSR count). The van der Waals surface area contributed by atoms with E-state index in [0.717, 1.165) is 12.2 Å². The Labute approximate surface area is 125 Å².